The first-order valence-corrected chi connectivity index (χ1v) is 13.5. The van der Waals surface area contributed by atoms with Crippen LogP contribution in [0, 0.1) is 17.3 Å². The lowest BCUT2D eigenvalue weighted by molar-refractivity contribution is -0.154. The van der Waals surface area contributed by atoms with Gasteiger partial charge in [-0.1, -0.05) is 57.7 Å². The Bertz CT molecular complexity index is 1100. The van der Waals surface area contributed by atoms with Crippen LogP contribution in [0.15, 0.2) is 42.6 Å². The summed E-state index contributed by atoms with van der Waals surface area (Å²) in [6, 6.07) is 9.22. The minimum atomic E-state index is -0.977. The van der Waals surface area contributed by atoms with E-state index in [9.17, 15) is 14.7 Å². The first-order chi connectivity index (χ1) is 17.6. The van der Waals surface area contributed by atoms with E-state index in [1.54, 1.807) is 24.3 Å². The average Bonchev–Trinajstić information content (AvgIpc) is 3.24. The number of carboxylic acid groups (broad SMARTS) is 1. The van der Waals surface area contributed by atoms with Gasteiger partial charge in [-0.3, -0.25) is 9.78 Å². The van der Waals surface area contributed by atoms with Gasteiger partial charge >= 0.3 is 5.97 Å². The molecule has 1 saturated carbocycles. The van der Waals surface area contributed by atoms with E-state index in [1.165, 1.54) is 0 Å². The molecule has 2 N–H and O–H groups in total. The second kappa shape index (κ2) is 11.4. The highest BCUT2D eigenvalue weighted by atomic mass is 35.5. The molecule has 4 unspecified atom stereocenters. The van der Waals surface area contributed by atoms with Gasteiger partial charge < -0.3 is 20.1 Å². The zero-order valence-electron chi connectivity index (χ0n) is 22.1. The third kappa shape index (κ3) is 5.78. The number of carbonyl (C=O) groups excluding carboxylic acids is 1. The number of methoxy groups -OCH3 is 1. The largest absolute Gasteiger partial charge is 0.496 e. The Kier molecular flexibility index (Phi) is 8.44. The fourth-order valence-electron chi connectivity index (χ4n) is 6.26. The van der Waals surface area contributed by atoms with E-state index in [1.807, 2.05) is 51.1 Å². The second-order valence-corrected chi connectivity index (χ2v) is 11.8. The van der Waals surface area contributed by atoms with Crippen molar-refractivity contribution < 1.29 is 19.4 Å². The molecule has 4 atom stereocenters. The molecule has 7 nitrogen and oxygen atoms in total. The van der Waals surface area contributed by atoms with Crippen molar-refractivity contribution in [3.63, 3.8) is 0 Å². The van der Waals surface area contributed by atoms with Gasteiger partial charge in [-0.25, -0.2) is 4.79 Å². The number of benzene rings is 1. The van der Waals surface area contributed by atoms with Gasteiger partial charge in [0.05, 0.1) is 18.8 Å². The van der Waals surface area contributed by atoms with Crippen LogP contribution >= 0.6 is 11.6 Å². The van der Waals surface area contributed by atoms with Crippen molar-refractivity contribution in [2.45, 2.75) is 77.5 Å². The molecular formula is C29H38ClN3O4. The molecule has 2 fully saturated rings. The summed E-state index contributed by atoms with van der Waals surface area (Å²) in [5.74, 6) is -0.873. The molecule has 2 heterocycles. The monoisotopic (exact) mass is 527 g/mol. The summed E-state index contributed by atoms with van der Waals surface area (Å²) < 4.78 is 5.55. The Balaban J connectivity index is 1.80. The van der Waals surface area contributed by atoms with E-state index >= 15 is 0 Å². The summed E-state index contributed by atoms with van der Waals surface area (Å²) in [4.78, 5) is 33.3. The first-order valence-electron chi connectivity index (χ1n) is 13.1. The van der Waals surface area contributed by atoms with Crippen LogP contribution in [0.3, 0.4) is 0 Å². The Hall–Kier alpha value is -2.64. The number of hydrogen-bond acceptors (Lipinski definition) is 5. The summed E-state index contributed by atoms with van der Waals surface area (Å²) in [6.07, 6.45) is 6.41. The molecule has 200 valence electrons. The van der Waals surface area contributed by atoms with Crippen molar-refractivity contribution in [2.24, 2.45) is 17.3 Å². The zero-order chi connectivity index (χ0) is 26.7. The number of carbonyl (C=O) groups is 2. The lowest BCUT2D eigenvalue weighted by Crippen LogP contribution is -2.49. The molecule has 0 spiro atoms. The number of rotatable bonds is 7. The lowest BCUT2D eigenvalue weighted by atomic mass is 9.72. The van der Waals surface area contributed by atoms with Crippen molar-refractivity contribution >= 4 is 23.5 Å². The molecule has 1 aromatic carbocycles. The number of nitrogens with zero attached hydrogens (tertiary/aromatic N) is 2. The van der Waals surface area contributed by atoms with E-state index in [2.05, 4.69) is 10.3 Å². The summed E-state index contributed by atoms with van der Waals surface area (Å²) in [5.41, 5.74) is 1.15. The zero-order valence-corrected chi connectivity index (χ0v) is 22.9. The first kappa shape index (κ1) is 27.4. The highest BCUT2D eigenvalue weighted by Gasteiger charge is 2.58. The number of likely N-dealkylation sites (tertiary alicyclic amines) is 1. The average molecular weight is 528 g/mol. The van der Waals surface area contributed by atoms with Gasteiger partial charge in [-0.2, -0.15) is 0 Å². The molecule has 4 rings (SSSR count). The number of nitrogens with one attached hydrogen (secondary N) is 1. The molecule has 1 aliphatic carbocycles. The third-order valence-electron chi connectivity index (χ3n) is 7.89. The van der Waals surface area contributed by atoms with Crippen LogP contribution < -0.4 is 10.1 Å². The Morgan fingerprint density at radius 3 is 2.49 bits per heavy atom. The SMILES string of the molecule is COc1ccc(Cl)cc1CNC1C(c2ccccn2)N(C(=O)C2CCCCC2)C(C(=O)O)C1C(C)(C)C. The van der Waals surface area contributed by atoms with Crippen LogP contribution in [-0.2, 0) is 16.1 Å². The van der Waals surface area contributed by atoms with Gasteiger partial charge in [0.25, 0.3) is 0 Å². The van der Waals surface area contributed by atoms with Gasteiger partial charge in [0.1, 0.15) is 11.8 Å². The molecular weight excluding hydrogens is 490 g/mol. The quantitative estimate of drug-likeness (QED) is 0.495. The normalized spacial score (nSPS) is 24.7. The summed E-state index contributed by atoms with van der Waals surface area (Å²) >= 11 is 6.29. The summed E-state index contributed by atoms with van der Waals surface area (Å²) in [7, 11) is 1.61. The summed E-state index contributed by atoms with van der Waals surface area (Å²) in [5, 5.41) is 14.8. The maximum Gasteiger partial charge on any atom is 0.326 e. The van der Waals surface area contributed by atoms with Crippen molar-refractivity contribution in [2.75, 3.05) is 7.11 Å². The Morgan fingerprint density at radius 2 is 1.89 bits per heavy atom. The van der Waals surface area contributed by atoms with Crippen LogP contribution in [0.25, 0.3) is 0 Å². The fraction of sp³-hybridized carbons (Fsp3) is 0.552. The number of aromatic nitrogens is 1. The van der Waals surface area contributed by atoms with Gasteiger partial charge in [-0.05, 0) is 48.6 Å². The highest BCUT2D eigenvalue weighted by molar-refractivity contribution is 6.30. The molecule has 8 heteroatoms. The number of aliphatic carboxylic acids is 1. The molecule has 1 aliphatic heterocycles. The number of hydrogen-bond donors (Lipinski definition) is 2. The van der Waals surface area contributed by atoms with E-state index in [0.717, 1.165) is 37.7 Å². The molecule has 0 bridgehead atoms. The van der Waals surface area contributed by atoms with Crippen molar-refractivity contribution in [1.82, 2.24) is 15.2 Å². The smallest absolute Gasteiger partial charge is 0.326 e. The van der Waals surface area contributed by atoms with Crippen molar-refractivity contribution in [3.8, 4) is 5.75 Å². The van der Waals surface area contributed by atoms with Gasteiger partial charge in [0, 0.05) is 41.2 Å². The molecule has 0 radical (unpaired) electrons. The maximum absolute atomic E-state index is 14.1. The standard InChI is InChI=1S/C29H38ClN3O4/c1-29(2,3)23-24(32-17-19-16-20(30)13-14-22(19)37-4)25(21-12-8-9-15-31-21)33(26(23)28(35)36)27(34)18-10-6-5-7-11-18/h8-9,12-16,18,23-26,32H,5-7,10-11,17H2,1-4H3,(H,35,36). The maximum atomic E-state index is 14.1. The van der Waals surface area contributed by atoms with Crippen LogP contribution in [-0.4, -0.2) is 46.1 Å². The molecule has 2 aliphatic rings. The number of ether oxygens (including phenoxy) is 1. The molecule has 37 heavy (non-hydrogen) atoms. The van der Waals surface area contributed by atoms with Crippen LogP contribution in [0.1, 0.15) is 70.2 Å². The minimum Gasteiger partial charge on any atom is -0.496 e. The third-order valence-corrected chi connectivity index (χ3v) is 8.13. The van der Waals surface area contributed by atoms with E-state index < -0.39 is 23.5 Å². The number of pyridine rings is 1. The summed E-state index contributed by atoms with van der Waals surface area (Å²) in [6.45, 7) is 6.55. The van der Waals surface area contributed by atoms with Gasteiger partial charge in [0.2, 0.25) is 5.91 Å². The van der Waals surface area contributed by atoms with Gasteiger partial charge in [-0.15, -0.1) is 0 Å². The predicted octanol–water partition coefficient (Wildman–Crippen LogP) is 5.48. The Morgan fingerprint density at radius 1 is 1.16 bits per heavy atom. The van der Waals surface area contributed by atoms with E-state index in [4.69, 9.17) is 16.3 Å². The highest BCUT2D eigenvalue weighted by Crippen LogP contribution is 2.49. The Labute approximate surface area is 224 Å². The lowest BCUT2D eigenvalue weighted by Gasteiger charge is -2.36. The van der Waals surface area contributed by atoms with E-state index in [0.29, 0.717) is 23.0 Å². The fourth-order valence-corrected chi connectivity index (χ4v) is 6.46. The molecule has 1 aromatic heterocycles. The van der Waals surface area contributed by atoms with Crippen LogP contribution in [0.5, 0.6) is 5.75 Å². The van der Waals surface area contributed by atoms with Crippen molar-refractivity contribution in [3.05, 3.63) is 58.9 Å². The number of amides is 1. The van der Waals surface area contributed by atoms with Crippen LogP contribution in [0.4, 0.5) is 0 Å². The van der Waals surface area contributed by atoms with E-state index in [-0.39, 0.29) is 23.8 Å². The van der Waals surface area contributed by atoms with Gasteiger partial charge in [0.15, 0.2) is 0 Å². The second-order valence-electron chi connectivity index (χ2n) is 11.3. The molecule has 2 aromatic rings. The number of carboxylic acids is 1. The molecule has 1 saturated heterocycles. The van der Waals surface area contributed by atoms with Crippen LogP contribution in [0.2, 0.25) is 5.02 Å². The molecule has 1 amide bonds. The topological polar surface area (TPSA) is 91.8 Å². The van der Waals surface area contributed by atoms with Crippen molar-refractivity contribution in [1.29, 1.82) is 0 Å². The predicted molar refractivity (Wildman–Crippen MR) is 143 cm³/mol. The minimum absolute atomic E-state index is 0.0679. The number of halogens is 1.